The third-order valence-corrected chi connectivity index (χ3v) is 7.83. The molecule has 4 aromatic rings. The highest BCUT2D eigenvalue weighted by Gasteiger charge is 2.32. The van der Waals surface area contributed by atoms with Crippen LogP contribution in [0.25, 0.3) is 10.9 Å². The van der Waals surface area contributed by atoms with Gasteiger partial charge >= 0.3 is 6.18 Å². The molecule has 0 aliphatic carbocycles. The van der Waals surface area contributed by atoms with Gasteiger partial charge in [0.1, 0.15) is 11.6 Å². The second kappa shape index (κ2) is 12.6. The molecule has 0 spiro atoms. The fourth-order valence-electron chi connectivity index (χ4n) is 5.41. The first-order valence-electron chi connectivity index (χ1n) is 13.8. The third kappa shape index (κ3) is 6.65. The summed E-state index contributed by atoms with van der Waals surface area (Å²) in [7, 11) is 1.63. The van der Waals surface area contributed by atoms with Crippen molar-refractivity contribution in [3.8, 4) is 5.75 Å². The van der Waals surface area contributed by atoms with Crippen molar-refractivity contribution in [1.82, 2.24) is 19.8 Å². The van der Waals surface area contributed by atoms with Gasteiger partial charge in [-0.2, -0.15) is 13.2 Å². The highest BCUT2D eigenvalue weighted by Crippen LogP contribution is 2.34. The van der Waals surface area contributed by atoms with Crippen LogP contribution in [0.3, 0.4) is 0 Å². The molecule has 1 fully saturated rings. The van der Waals surface area contributed by atoms with Crippen molar-refractivity contribution in [1.29, 1.82) is 0 Å². The summed E-state index contributed by atoms with van der Waals surface area (Å²) in [4.78, 5) is 21.5. The van der Waals surface area contributed by atoms with E-state index in [1.165, 1.54) is 0 Å². The number of para-hydroxylation sites is 1. The van der Waals surface area contributed by atoms with E-state index in [1.807, 2.05) is 54.4 Å². The molecule has 0 bridgehead atoms. The lowest BCUT2D eigenvalue weighted by Gasteiger charge is -2.35. The molecule has 0 radical (unpaired) electrons. The number of piperazine rings is 1. The van der Waals surface area contributed by atoms with E-state index in [9.17, 15) is 18.0 Å². The zero-order valence-corrected chi connectivity index (χ0v) is 24.3. The molecule has 7 nitrogen and oxygen atoms in total. The van der Waals surface area contributed by atoms with Crippen LogP contribution in [0, 0.1) is 6.92 Å². The van der Waals surface area contributed by atoms with Gasteiger partial charge in [-0.3, -0.25) is 9.69 Å². The Bertz CT molecular complexity index is 1560. The lowest BCUT2D eigenvalue weighted by atomic mass is 10.1. The first-order chi connectivity index (χ1) is 20.1. The second-order valence-electron chi connectivity index (χ2n) is 10.5. The minimum atomic E-state index is -4.48. The number of aryl methyl sites for hydroxylation is 2. The molecule has 1 saturated heterocycles. The SMILES string of the molecule is COc1cccc2c(C(=O)NCc3cccc(C)c3)cn(CCCN3CCN(c4ncc(C(F)(F)F)cc4Cl)CC3)c12. The number of nitrogens with one attached hydrogen (secondary N) is 1. The Labute approximate surface area is 247 Å². The number of amides is 1. The Kier molecular flexibility index (Phi) is 8.93. The van der Waals surface area contributed by atoms with Crippen molar-refractivity contribution in [2.45, 2.75) is 32.6 Å². The van der Waals surface area contributed by atoms with Crippen molar-refractivity contribution in [2.24, 2.45) is 0 Å². The lowest BCUT2D eigenvalue weighted by molar-refractivity contribution is -0.137. The Morgan fingerprint density at radius 2 is 1.83 bits per heavy atom. The summed E-state index contributed by atoms with van der Waals surface area (Å²) >= 11 is 6.15. The number of nitrogens with zero attached hydrogens (tertiary/aromatic N) is 4. The van der Waals surface area contributed by atoms with Gasteiger partial charge in [0, 0.05) is 57.0 Å². The standard InChI is InChI=1S/C31H33ClF3N5O2/c1-21-6-3-7-22(16-21)18-37-30(41)25-20-40(28-24(25)8-4-9-27(28)42-2)11-5-10-38-12-14-39(15-13-38)29-26(32)17-23(19-36-29)31(33,34)35/h3-4,6-9,16-17,19-20H,5,10-15,18H2,1-2H3,(H,37,41). The van der Waals surface area contributed by atoms with Crippen molar-refractivity contribution < 1.29 is 22.7 Å². The molecular weight excluding hydrogens is 567 g/mol. The van der Waals surface area contributed by atoms with Gasteiger partial charge in [-0.05, 0) is 37.6 Å². The number of carbonyl (C=O) groups excluding carboxylic acids is 1. The van der Waals surface area contributed by atoms with Crippen molar-refractivity contribution in [3.05, 3.63) is 88.2 Å². The van der Waals surface area contributed by atoms with Gasteiger partial charge in [-0.15, -0.1) is 0 Å². The first kappa shape index (κ1) is 29.7. The number of aromatic nitrogens is 2. The van der Waals surface area contributed by atoms with Gasteiger partial charge in [-0.1, -0.05) is 53.6 Å². The zero-order valence-electron chi connectivity index (χ0n) is 23.5. The molecule has 1 N–H and O–H groups in total. The summed E-state index contributed by atoms with van der Waals surface area (Å²) in [6.45, 7) is 6.68. The number of anilines is 1. The predicted octanol–water partition coefficient (Wildman–Crippen LogP) is 6.17. The molecule has 11 heteroatoms. The van der Waals surface area contributed by atoms with E-state index in [2.05, 4.69) is 25.8 Å². The molecular formula is C31H33ClF3N5O2. The number of fused-ring (bicyclic) bond motifs is 1. The number of ether oxygens (including phenoxy) is 1. The lowest BCUT2D eigenvalue weighted by Crippen LogP contribution is -2.47. The van der Waals surface area contributed by atoms with E-state index >= 15 is 0 Å². The number of hydrogen-bond acceptors (Lipinski definition) is 5. The van der Waals surface area contributed by atoms with Crippen LogP contribution in [0.4, 0.5) is 19.0 Å². The summed E-state index contributed by atoms with van der Waals surface area (Å²) in [5.74, 6) is 0.948. The highest BCUT2D eigenvalue weighted by molar-refractivity contribution is 6.33. The average molecular weight is 600 g/mol. The van der Waals surface area contributed by atoms with Crippen LogP contribution < -0.4 is 15.0 Å². The minimum absolute atomic E-state index is 0.00503. The van der Waals surface area contributed by atoms with Crippen LogP contribution in [0.2, 0.25) is 5.02 Å². The monoisotopic (exact) mass is 599 g/mol. The molecule has 1 aliphatic rings. The van der Waals surface area contributed by atoms with Crippen molar-refractivity contribution in [3.63, 3.8) is 0 Å². The third-order valence-electron chi connectivity index (χ3n) is 7.56. The van der Waals surface area contributed by atoms with E-state index in [0.29, 0.717) is 43.3 Å². The van der Waals surface area contributed by atoms with Gasteiger partial charge in [0.25, 0.3) is 5.91 Å². The van der Waals surface area contributed by atoms with Crippen molar-refractivity contribution in [2.75, 3.05) is 44.7 Å². The van der Waals surface area contributed by atoms with Crippen LogP contribution in [0.5, 0.6) is 5.75 Å². The Hall–Kier alpha value is -3.76. The van der Waals surface area contributed by atoms with Crippen LogP contribution in [0.1, 0.15) is 33.5 Å². The second-order valence-corrected chi connectivity index (χ2v) is 10.9. The van der Waals surface area contributed by atoms with Gasteiger partial charge < -0.3 is 19.5 Å². The first-order valence-corrected chi connectivity index (χ1v) is 14.2. The Balaban J connectivity index is 1.21. The molecule has 3 heterocycles. The number of carbonyl (C=O) groups is 1. The Morgan fingerprint density at radius 3 is 2.52 bits per heavy atom. The minimum Gasteiger partial charge on any atom is -0.495 e. The fourth-order valence-corrected chi connectivity index (χ4v) is 5.70. The maximum atomic E-state index is 13.2. The molecule has 0 atom stereocenters. The molecule has 0 saturated carbocycles. The van der Waals surface area contributed by atoms with E-state index in [4.69, 9.17) is 16.3 Å². The molecule has 0 unspecified atom stereocenters. The van der Waals surface area contributed by atoms with Gasteiger partial charge in [0.2, 0.25) is 0 Å². The topological polar surface area (TPSA) is 62.6 Å². The number of benzene rings is 2. The maximum absolute atomic E-state index is 13.2. The average Bonchev–Trinajstić information content (AvgIpc) is 3.35. The Morgan fingerprint density at radius 1 is 1.07 bits per heavy atom. The highest BCUT2D eigenvalue weighted by atomic mass is 35.5. The van der Waals surface area contributed by atoms with E-state index < -0.39 is 11.7 Å². The van der Waals surface area contributed by atoms with Gasteiger partial charge in [0.05, 0.1) is 28.8 Å². The summed E-state index contributed by atoms with van der Waals surface area (Å²) in [6.07, 6.45) is -0.907. The molecule has 5 rings (SSSR count). The van der Waals surface area contributed by atoms with E-state index in [0.717, 1.165) is 60.3 Å². The molecule has 2 aromatic carbocycles. The normalized spacial score (nSPS) is 14.4. The molecule has 42 heavy (non-hydrogen) atoms. The number of hydrogen-bond donors (Lipinski definition) is 1. The van der Waals surface area contributed by atoms with E-state index in [1.54, 1.807) is 7.11 Å². The predicted molar refractivity (Wildman–Crippen MR) is 158 cm³/mol. The van der Waals surface area contributed by atoms with Crippen LogP contribution >= 0.6 is 11.6 Å². The van der Waals surface area contributed by atoms with Crippen LogP contribution in [-0.4, -0.2) is 60.2 Å². The summed E-state index contributed by atoms with van der Waals surface area (Å²) < 4.78 is 46.6. The maximum Gasteiger partial charge on any atom is 0.417 e. The van der Waals surface area contributed by atoms with Crippen molar-refractivity contribution >= 4 is 34.2 Å². The summed E-state index contributed by atoms with van der Waals surface area (Å²) in [6, 6.07) is 14.7. The molecule has 2 aromatic heterocycles. The van der Waals surface area contributed by atoms with Crippen LogP contribution in [0.15, 0.2) is 60.9 Å². The quantitative estimate of drug-likeness (QED) is 0.249. The van der Waals surface area contributed by atoms with Gasteiger partial charge in [0.15, 0.2) is 0 Å². The van der Waals surface area contributed by atoms with Gasteiger partial charge in [-0.25, -0.2) is 4.98 Å². The van der Waals surface area contributed by atoms with Crippen LogP contribution in [-0.2, 0) is 19.3 Å². The summed E-state index contributed by atoms with van der Waals surface area (Å²) in [5.41, 5.74) is 2.82. The molecule has 1 amide bonds. The molecule has 222 valence electrons. The summed E-state index contributed by atoms with van der Waals surface area (Å²) in [5, 5.41) is 3.89. The zero-order chi connectivity index (χ0) is 29.9. The molecule has 1 aliphatic heterocycles. The fraction of sp³-hybridized carbons (Fsp3) is 0.355. The number of alkyl halides is 3. The number of rotatable bonds is 9. The van der Waals surface area contributed by atoms with E-state index in [-0.39, 0.29) is 10.9 Å². The smallest absolute Gasteiger partial charge is 0.417 e. The largest absolute Gasteiger partial charge is 0.495 e. The number of pyridine rings is 1. The number of halogens is 4. The number of methoxy groups -OCH3 is 1.